The number of hydrogen-bond donors (Lipinski definition) is 2. The molecule has 2 aromatic rings. The van der Waals surface area contributed by atoms with Gasteiger partial charge in [-0.15, -0.1) is 22.0 Å². The number of thioether (sulfide) groups is 1. The van der Waals surface area contributed by atoms with Crippen LogP contribution in [0.15, 0.2) is 34.2 Å². The van der Waals surface area contributed by atoms with Crippen molar-refractivity contribution in [1.82, 2.24) is 25.4 Å². The van der Waals surface area contributed by atoms with Gasteiger partial charge in [-0.25, -0.2) is 4.39 Å². The number of aliphatic imine (C=N–C) groups is 1. The van der Waals surface area contributed by atoms with Crippen LogP contribution in [0.1, 0.15) is 37.3 Å². The lowest BCUT2D eigenvalue weighted by atomic mass is 10.2. The SMILES string of the molecule is CN=C(NCCCSc1ccc(F)cc1)NCc1nnc2n1CCCCC2. The van der Waals surface area contributed by atoms with Gasteiger partial charge in [-0.3, -0.25) is 4.99 Å². The Hall–Kier alpha value is -2.09. The van der Waals surface area contributed by atoms with E-state index in [1.165, 1.54) is 31.4 Å². The summed E-state index contributed by atoms with van der Waals surface area (Å²) in [6, 6.07) is 6.62. The lowest BCUT2D eigenvalue weighted by molar-refractivity contribution is 0.596. The van der Waals surface area contributed by atoms with E-state index in [-0.39, 0.29) is 5.82 Å². The van der Waals surface area contributed by atoms with Crippen LogP contribution in [0.2, 0.25) is 0 Å². The highest BCUT2D eigenvalue weighted by Gasteiger charge is 2.14. The molecule has 8 heteroatoms. The van der Waals surface area contributed by atoms with E-state index in [0.717, 1.165) is 54.2 Å². The topological polar surface area (TPSA) is 67.1 Å². The first kappa shape index (κ1) is 19.7. The van der Waals surface area contributed by atoms with Crippen LogP contribution in [0.3, 0.4) is 0 Å². The minimum atomic E-state index is -0.194. The van der Waals surface area contributed by atoms with Gasteiger partial charge in [-0.1, -0.05) is 6.42 Å². The Bertz CT molecular complexity index is 743. The van der Waals surface area contributed by atoms with Gasteiger partial charge in [0.2, 0.25) is 0 Å². The van der Waals surface area contributed by atoms with Crippen LogP contribution in [-0.2, 0) is 19.5 Å². The summed E-state index contributed by atoms with van der Waals surface area (Å²) in [4.78, 5) is 5.36. The third kappa shape index (κ3) is 5.95. The summed E-state index contributed by atoms with van der Waals surface area (Å²) in [6.07, 6.45) is 5.66. The zero-order chi connectivity index (χ0) is 18.9. The molecule has 1 aromatic heterocycles. The molecule has 0 bridgehead atoms. The maximum absolute atomic E-state index is 12.9. The van der Waals surface area contributed by atoms with Gasteiger partial charge < -0.3 is 15.2 Å². The van der Waals surface area contributed by atoms with Gasteiger partial charge in [0.15, 0.2) is 11.8 Å². The molecule has 1 aromatic carbocycles. The second kappa shape index (κ2) is 10.3. The zero-order valence-electron chi connectivity index (χ0n) is 15.7. The molecule has 0 amide bonds. The highest BCUT2D eigenvalue weighted by Crippen LogP contribution is 2.18. The van der Waals surface area contributed by atoms with Crippen LogP contribution < -0.4 is 10.6 Å². The van der Waals surface area contributed by atoms with Gasteiger partial charge >= 0.3 is 0 Å². The van der Waals surface area contributed by atoms with Crippen molar-refractivity contribution in [2.45, 2.75) is 50.1 Å². The smallest absolute Gasteiger partial charge is 0.191 e. The molecule has 3 rings (SSSR count). The lowest BCUT2D eigenvalue weighted by Crippen LogP contribution is -2.38. The molecule has 0 spiro atoms. The molecule has 0 atom stereocenters. The van der Waals surface area contributed by atoms with E-state index in [9.17, 15) is 4.39 Å². The third-order valence-electron chi connectivity index (χ3n) is 4.52. The molecule has 0 saturated carbocycles. The molecule has 146 valence electrons. The molecule has 0 fully saturated rings. The van der Waals surface area contributed by atoms with Crippen LogP contribution in [0, 0.1) is 5.82 Å². The molecule has 6 nitrogen and oxygen atoms in total. The zero-order valence-corrected chi connectivity index (χ0v) is 16.6. The fourth-order valence-corrected chi connectivity index (χ4v) is 3.91. The summed E-state index contributed by atoms with van der Waals surface area (Å²) >= 11 is 1.73. The Morgan fingerprint density at radius 2 is 2.04 bits per heavy atom. The molecule has 2 N–H and O–H groups in total. The van der Waals surface area contributed by atoms with Crippen LogP contribution in [-0.4, -0.2) is 40.1 Å². The second-order valence-electron chi connectivity index (χ2n) is 6.50. The van der Waals surface area contributed by atoms with Gasteiger partial charge in [0.05, 0.1) is 6.54 Å². The number of aryl methyl sites for hydroxylation is 1. The van der Waals surface area contributed by atoms with Crippen molar-refractivity contribution in [3.63, 3.8) is 0 Å². The largest absolute Gasteiger partial charge is 0.356 e. The van der Waals surface area contributed by atoms with E-state index in [1.807, 2.05) is 12.1 Å². The lowest BCUT2D eigenvalue weighted by Gasteiger charge is -2.12. The predicted octanol–water partition coefficient (Wildman–Crippen LogP) is 2.99. The molecule has 0 radical (unpaired) electrons. The molecular formula is C19H27FN6S. The summed E-state index contributed by atoms with van der Waals surface area (Å²) in [5, 5.41) is 15.3. The fraction of sp³-hybridized carbons (Fsp3) is 0.526. The molecule has 0 unspecified atom stereocenters. The molecule has 1 aliphatic heterocycles. The minimum Gasteiger partial charge on any atom is -0.356 e. The van der Waals surface area contributed by atoms with Gasteiger partial charge in [-0.05, 0) is 49.3 Å². The Labute approximate surface area is 164 Å². The summed E-state index contributed by atoms with van der Waals surface area (Å²) < 4.78 is 15.1. The molecule has 0 aliphatic carbocycles. The maximum atomic E-state index is 12.9. The number of rotatable bonds is 7. The Morgan fingerprint density at radius 3 is 2.85 bits per heavy atom. The van der Waals surface area contributed by atoms with E-state index >= 15 is 0 Å². The third-order valence-corrected chi connectivity index (χ3v) is 5.62. The predicted molar refractivity (Wildman–Crippen MR) is 108 cm³/mol. The van der Waals surface area contributed by atoms with Gasteiger partial charge in [0, 0.05) is 31.5 Å². The van der Waals surface area contributed by atoms with E-state index in [2.05, 4.69) is 30.4 Å². The molecule has 0 saturated heterocycles. The van der Waals surface area contributed by atoms with Gasteiger partial charge in [0.25, 0.3) is 0 Å². The first-order valence-electron chi connectivity index (χ1n) is 9.50. The number of benzene rings is 1. The van der Waals surface area contributed by atoms with Gasteiger partial charge in [0.1, 0.15) is 11.6 Å². The van der Waals surface area contributed by atoms with Crippen LogP contribution in [0.4, 0.5) is 4.39 Å². The van der Waals surface area contributed by atoms with Crippen molar-refractivity contribution in [2.24, 2.45) is 4.99 Å². The first-order valence-corrected chi connectivity index (χ1v) is 10.5. The quantitative estimate of drug-likeness (QED) is 0.329. The number of halogens is 1. The molecule has 2 heterocycles. The van der Waals surface area contributed by atoms with Crippen molar-refractivity contribution < 1.29 is 4.39 Å². The van der Waals surface area contributed by atoms with E-state index in [0.29, 0.717) is 6.54 Å². The first-order chi connectivity index (χ1) is 13.3. The van der Waals surface area contributed by atoms with Crippen LogP contribution in [0.5, 0.6) is 0 Å². The normalized spacial score (nSPS) is 14.5. The average molecular weight is 391 g/mol. The summed E-state index contributed by atoms with van der Waals surface area (Å²) in [5.41, 5.74) is 0. The molecular weight excluding hydrogens is 363 g/mol. The van der Waals surface area contributed by atoms with Crippen molar-refractivity contribution >= 4 is 17.7 Å². The van der Waals surface area contributed by atoms with Crippen molar-refractivity contribution in [1.29, 1.82) is 0 Å². The highest BCUT2D eigenvalue weighted by molar-refractivity contribution is 7.99. The summed E-state index contributed by atoms with van der Waals surface area (Å²) in [6.45, 7) is 2.45. The standard InChI is InChI=1S/C19H27FN6S/c1-21-19(22-11-5-13-27-16-9-7-15(20)8-10-16)23-14-18-25-24-17-6-3-2-4-12-26(17)18/h7-10H,2-6,11-14H2,1H3,(H2,21,22,23). The van der Waals surface area contributed by atoms with E-state index in [1.54, 1.807) is 18.8 Å². The highest BCUT2D eigenvalue weighted by atomic mass is 32.2. The van der Waals surface area contributed by atoms with E-state index < -0.39 is 0 Å². The second-order valence-corrected chi connectivity index (χ2v) is 7.67. The average Bonchev–Trinajstić information content (AvgIpc) is 2.91. The van der Waals surface area contributed by atoms with E-state index in [4.69, 9.17) is 0 Å². The fourth-order valence-electron chi connectivity index (χ4n) is 3.06. The number of fused-ring (bicyclic) bond motifs is 1. The summed E-state index contributed by atoms with van der Waals surface area (Å²) in [7, 11) is 1.77. The Balaban J connectivity index is 1.37. The van der Waals surface area contributed by atoms with Crippen LogP contribution >= 0.6 is 11.8 Å². The number of aromatic nitrogens is 3. The monoisotopic (exact) mass is 390 g/mol. The number of nitrogens with one attached hydrogen (secondary N) is 2. The van der Waals surface area contributed by atoms with Crippen molar-refractivity contribution in [3.8, 4) is 0 Å². The van der Waals surface area contributed by atoms with Crippen molar-refractivity contribution in [3.05, 3.63) is 41.7 Å². The van der Waals surface area contributed by atoms with Crippen LogP contribution in [0.25, 0.3) is 0 Å². The minimum absolute atomic E-state index is 0.194. The molecule has 27 heavy (non-hydrogen) atoms. The maximum Gasteiger partial charge on any atom is 0.191 e. The van der Waals surface area contributed by atoms with Gasteiger partial charge in [-0.2, -0.15) is 0 Å². The number of hydrogen-bond acceptors (Lipinski definition) is 4. The summed E-state index contributed by atoms with van der Waals surface area (Å²) in [5.74, 6) is 3.62. The number of nitrogens with zero attached hydrogens (tertiary/aromatic N) is 4. The van der Waals surface area contributed by atoms with Crippen molar-refractivity contribution in [2.75, 3.05) is 19.3 Å². The Morgan fingerprint density at radius 1 is 1.19 bits per heavy atom. The Kier molecular flexibility index (Phi) is 7.50. The molecule has 1 aliphatic rings. The number of guanidine groups is 1.